The molecule has 2 rings (SSSR count). The minimum atomic E-state index is -0.476. The third-order valence-corrected chi connectivity index (χ3v) is 5.33. The minimum absolute atomic E-state index is 0.201. The van der Waals surface area contributed by atoms with Gasteiger partial charge in [-0.2, -0.15) is 0 Å². The lowest BCUT2D eigenvalue weighted by Gasteiger charge is -2.09. The SMILES string of the molecule is CCOC(=O)c1cc(C(C)C)sc1NC(=O)COC(=O)C[C@@H]1C=CCC1. The molecular formula is C19H25NO5S. The van der Waals surface area contributed by atoms with Crippen molar-refractivity contribution in [2.45, 2.75) is 46.0 Å². The highest BCUT2D eigenvalue weighted by molar-refractivity contribution is 7.16. The van der Waals surface area contributed by atoms with E-state index in [1.807, 2.05) is 26.0 Å². The minimum Gasteiger partial charge on any atom is -0.462 e. The summed E-state index contributed by atoms with van der Waals surface area (Å²) >= 11 is 1.33. The van der Waals surface area contributed by atoms with Crippen LogP contribution >= 0.6 is 11.3 Å². The summed E-state index contributed by atoms with van der Waals surface area (Å²) in [6, 6.07) is 1.74. The molecule has 1 amide bonds. The molecular weight excluding hydrogens is 354 g/mol. The van der Waals surface area contributed by atoms with Crippen molar-refractivity contribution in [1.29, 1.82) is 0 Å². The predicted octanol–water partition coefficient (Wildman–Crippen LogP) is 3.89. The Balaban J connectivity index is 1.93. The van der Waals surface area contributed by atoms with E-state index in [4.69, 9.17) is 9.47 Å². The van der Waals surface area contributed by atoms with E-state index >= 15 is 0 Å². The van der Waals surface area contributed by atoms with Gasteiger partial charge in [-0.3, -0.25) is 9.59 Å². The number of anilines is 1. The summed E-state index contributed by atoms with van der Waals surface area (Å²) < 4.78 is 10.1. The van der Waals surface area contributed by atoms with Gasteiger partial charge in [0, 0.05) is 4.88 Å². The van der Waals surface area contributed by atoms with E-state index in [0.29, 0.717) is 10.6 Å². The number of ether oxygens (including phenoxy) is 2. The van der Waals surface area contributed by atoms with Gasteiger partial charge in [0.15, 0.2) is 6.61 Å². The predicted molar refractivity (Wildman–Crippen MR) is 100 cm³/mol. The molecule has 0 fully saturated rings. The van der Waals surface area contributed by atoms with Gasteiger partial charge < -0.3 is 14.8 Å². The van der Waals surface area contributed by atoms with Crippen molar-refractivity contribution < 1.29 is 23.9 Å². The number of hydrogen-bond acceptors (Lipinski definition) is 6. The lowest BCUT2D eigenvalue weighted by molar-refractivity contribution is -0.147. The zero-order valence-corrected chi connectivity index (χ0v) is 16.2. The largest absolute Gasteiger partial charge is 0.462 e. The number of thiophene rings is 1. The molecule has 1 atom stereocenters. The maximum Gasteiger partial charge on any atom is 0.341 e. The fourth-order valence-electron chi connectivity index (χ4n) is 2.59. The first-order chi connectivity index (χ1) is 12.4. The molecule has 1 heterocycles. The Morgan fingerprint density at radius 3 is 2.69 bits per heavy atom. The number of carbonyl (C=O) groups excluding carboxylic acids is 3. The van der Waals surface area contributed by atoms with Crippen molar-refractivity contribution >= 4 is 34.2 Å². The topological polar surface area (TPSA) is 81.7 Å². The second kappa shape index (κ2) is 9.52. The summed E-state index contributed by atoms with van der Waals surface area (Å²) in [5.74, 6) is -0.918. The maximum atomic E-state index is 12.1. The summed E-state index contributed by atoms with van der Waals surface area (Å²) in [6.07, 6.45) is 6.26. The number of carbonyl (C=O) groups is 3. The first kappa shape index (κ1) is 20.2. The smallest absolute Gasteiger partial charge is 0.341 e. The van der Waals surface area contributed by atoms with Crippen molar-refractivity contribution in [3.8, 4) is 0 Å². The zero-order chi connectivity index (χ0) is 19.1. The van der Waals surface area contributed by atoms with Crippen LogP contribution in [0, 0.1) is 5.92 Å². The van der Waals surface area contributed by atoms with Gasteiger partial charge in [-0.1, -0.05) is 26.0 Å². The zero-order valence-electron chi connectivity index (χ0n) is 15.4. The molecule has 0 aromatic carbocycles. The molecule has 0 spiro atoms. The third kappa shape index (κ3) is 5.69. The first-order valence-corrected chi connectivity index (χ1v) is 9.65. The van der Waals surface area contributed by atoms with Crippen molar-refractivity contribution in [1.82, 2.24) is 0 Å². The second-order valence-corrected chi connectivity index (χ2v) is 7.53. The molecule has 0 unspecified atom stereocenters. The number of allylic oxidation sites excluding steroid dienone is 2. The molecule has 26 heavy (non-hydrogen) atoms. The van der Waals surface area contributed by atoms with Crippen LogP contribution in [0.2, 0.25) is 0 Å². The molecule has 1 aliphatic carbocycles. The van der Waals surface area contributed by atoms with Crippen LogP contribution in [0.5, 0.6) is 0 Å². The number of amides is 1. The van der Waals surface area contributed by atoms with Gasteiger partial charge in [-0.15, -0.1) is 11.3 Å². The molecule has 0 bridgehead atoms. The fourth-order valence-corrected chi connectivity index (χ4v) is 3.66. The van der Waals surface area contributed by atoms with Crippen molar-refractivity contribution in [2.75, 3.05) is 18.5 Å². The standard InChI is InChI=1S/C19H25NO5S/c1-4-24-19(23)14-10-15(12(2)3)26-18(14)20-16(21)11-25-17(22)9-13-7-5-6-8-13/h5,7,10,12-13H,4,6,8-9,11H2,1-3H3,(H,20,21)/t13-/m1/s1. The van der Waals surface area contributed by atoms with Crippen molar-refractivity contribution in [3.05, 3.63) is 28.7 Å². The van der Waals surface area contributed by atoms with Crippen LogP contribution in [-0.4, -0.2) is 31.1 Å². The molecule has 7 heteroatoms. The molecule has 0 aliphatic heterocycles. The van der Waals surface area contributed by atoms with E-state index in [2.05, 4.69) is 5.32 Å². The normalized spacial score (nSPS) is 15.9. The Morgan fingerprint density at radius 2 is 2.08 bits per heavy atom. The number of nitrogens with one attached hydrogen (secondary N) is 1. The maximum absolute atomic E-state index is 12.1. The van der Waals surface area contributed by atoms with Gasteiger partial charge in [0.1, 0.15) is 5.00 Å². The first-order valence-electron chi connectivity index (χ1n) is 8.83. The van der Waals surface area contributed by atoms with Gasteiger partial charge in [-0.05, 0) is 37.7 Å². The van der Waals surface area contributed by atoms with E-state index in [9.17, 15) is 14.4 Å². The Bertz CT molecular complexity index is 692. The lowest BCUT2D eigenvalue weighted by atomic mass is 10.1. The molecule has 1 aliphatic rings. The monoisotopic (exact) mass is 379 g/mol. The molecule has 0 saturated carbocycles. The van der Waals surface area contributed by atoms with Crippen molar-refractivity contribution in [2.24, 2.45) is 5.92 Å². The van der Waals surface area contributed by atoms with Gasteiger partial charge in [0.25, 0.3) is 5.91 Å². The number of hydrogen-bond donors (Lipinski definition) is 1. The Hall–Kier alpha value is -2.15. The van der Waals surface area contributed by atoms with Crippen LogP contribution in [-0.2, 0) is 19.1 Å². The van der Waals surface area contributed by atoms with Crippen LogP contribution in [0.4, 0.5) is 5.00 Å². The van der Waals surface area contributed by atoms with Gasteiger partial charge in [-0.25, -0.2) is 4.79 Å². The third-order valence-electron chi connectivity index (χ3n) is 3.97. The van der Waals surface area contributed by atoms with Gasteiger partial charge in [0.2, 0.25) is 0 Å². The Kier molecular flexibility index (Phi) is 7.38. The Labute approximate surface area is 157 Å². The number of rotatable bonds is 8. The number of esters is 2. The van der Waals surface area contributed by atoms with Crippen LogP contribution in [0.15, 0.2) is 18.2 Å². The molecule has 0 radical (unpaired) electrons. The average molecular weight is 379 g/mol. The molecule has 0 saturated heterocycles. The van der Waals surface area contributed by atoms with Gasteiger partial charge >= 0.3 is 11.9 Å². The van der Waals surface area contributed by atoms with E-state index in [1.165, 1.54) is 11.3 Å². The summed E-state index contributed by atoms with van der Waals surface area (Å²) in [5, 5.41) is 3.08. The summed E-state index contributed by atoms with van der Waals surface area (Å²) in [6.45, 7) is 5.63. The van der Waals surface area contributed by atoms with Gasteiger partial charge in [0.05, 0.1) is 18.6 Å². The molecule has 1 aromatic heterocycles. The molecule has 6 nitrogen and oxygen atoms in total. The highest BCUT2D eigenvalue weighted by atomic mass is 32.1. The molecule has 142 valence electrons. The highest BCUT2D eigenvalue weighted by Gasteiger charge is 2.21. The summed E-state index contributed by atoms with van der Waals surface area (Å²) in [7, 11) is 0. The quantitative estimate of drug-likeness (QED) is 0.547. The molecule has 1 N–H and O–H groups in total. The van der Waals surface area contributed by atoms with Crippen molar-refractivity contribution in [3.63, 3.8) is 0 Å². The Morgan fingerprint density at radius 1 is 1.31 bits per heavy atom. The van der Waals surface area contributed by atoms with Crippen LogP contribution in [0.25, 0.3) is 0 Å². The van der Waals surface area contributed by atoms with E-state index in [1.54, 1.807) is 13.0 Å². The lowest BCUT2D eigenvalue weighted by Crippen LogP contribution is -2.22. The van der Waals surface area contributed by atoms with E-state index < -0.39 is 17.8 Å². The second-order valence-electron chi connectivity index (χ2n) is 6.45. The molecule has 1 aromatic rings. The van der Waals surface area contributed by atoms with E-state index in [-0.39, 0.29) is 31.5 Å². The summed E-state index contributed by atoms with van der Waals surface area (Å²) in [4.78, 5) is 37.0. The van der Waals surface area contributed by atoms with Crippen LogP contribution in [0.3, 0.4) is 0 Å². The highest BCUT2D eigenvalue weighted by Crippen LogP contribution is 2.33. The van der Waals surface area contributed by atoms with Crippen LogP contribution < -0.4 is 5.32 Å². The van der Waals surface area contributed by atoms with E-state index in [0.717, 1.165) is 17.7 Å². The summed E-state index contributed by atoms with van der Waals surface area (Å²) in [5.41, 5.74) is 0.330. The van der Waals surface area contributed by atoms with Crippen LogP contribution in [0.1, 0.15) is 61.2 Å². The fraction of sp³-hybridized carbons (Fsp3) is 0.526. The average Bonchev–Trinajstić information content (AvgIpc) is 3.23.